The van der Waals surface area contributed by atoms with Gasteiger partial charge in [0.25, 0.3) is 5.56 Å². The van der Waals surface area contributed by atoms with E-state index in [9.17, 15) is 4.79 Å². The summed E-state index contributed by atoms with van der Waals surface area (Å²) in [6.07, 6.45) is 3.03. The summed E-state index contributed by atoms with van der Waals surface area (Å²) < 4.78 is 2.55. The standard InChI is InChI=1S/C16H23N3OS/c1-11-6-12(2)8-18(7-11)4-5-19-10-17-14-13(3)9-21-15(14)16(19)20/h9-12H,4-8H2,1-3H3/t11-,12-/m1/s1. The van der Waals surface area contributed by atoms with Crippen molar-refractivity contribution in [2.24, 2.45) is 11.8 Å². The van der Waals surface area contributed by atoms with Crippen molar-refractivity contribution in [1.82, 2.24) is 14.5 Å². The van der Waals surface area contributed by atoms with Gasteiger partial charge in [-0.3, -0.25) is 9.36 Å². The predicted octanol–water partition coefficient (Wildman–Crippen LogP) is 2.74. The van der Waals surface area contributed by atoms with Crippen LogP contribution in [0.5, 0.6) is 0 Å². The zero-order chi connectivity index (χ0) is 15.0. The van der Waals surface area contributed by atoms with E-state index in [0.29, 0.717) is 0 Å². The van der Waals surface area contributed by atoms with E-state index >= 15 is 0 Å². The Balaban J connectivity index is 1.73. The van der Waals surface area contributed by atoms with E-state index < -0.39 is 0 Å². The minimum Gasteiger partial charge on any atom is -0.301 e. The Kier molecular flexibility index (Phi) is 4.13. The van der Waals surface area contributed by atoms with Crippen molar-refractivity contribution >= 4 is 21.6 Å². The molecule has 0 amide bonds. The molecule has 1 aliphatic rings. The fourth-order valence-corrected chi connectivity index (χ4v) is 4.39. The van der Waals surface area contributed by atoms with E-state index in [2.05, 4.69) is 23.7 Å². The number of thiophene rings is 1. The Morgan fingerprint density at radius 3 is 2.71 bits per heavy atom. The lowest BCUT2D eigenvalue weighted by atomic mass is 9.92. The third-order valence-electron chi connectivity index (χ3n) is 4.33. The number of aromatic nitrogens is 2. The molecule has 0 aromatic carbocycles. The van der Waals surface area contributed by atoms with E-state index in [4.69, 9.17) is 0 Å². The minimum atomic E-state index is 0.108. The largest absolute Gasteiger partial charge is 0.301 e. The first-order chi connectivity index (χ1) is 10.0. The van der Waals surface area contributed by atoms with Crippen molar-refractivity contribution in [3.05, 3.63) is 27.6 Å². The smallest absolute Gasteiger partial charge is 0.271 e. The maximum Gasteiger partial charge on any atom is 0.271 e. The molecular weight excluding hydrogens is 282 g/mol. The Morgan fingerprint density at radius 1 is 1.29 bits per heavy atom. The molecule has 3 heterocycles. The van der Waals surface area contributed by atoms with E-state index in [1.54, 1.807) is 10.9 Å². The highest BCUT2D eigenvalue weighted by atomic mass is 32.1. The Bertz CT molecular complexity index is 680. The van der Waals surface area contributed by atoms with Gasteiger partial charge in [-0.05, 0) is 36.1 Å². The second kappa shape index (κ2) is 5.89. The molecule has 0 unspecified atom stereocenters. The molecule has 0 spiro atoms. The van der Waals surface area contributed by atoms with Crippen LogP contribution in [0.1, 0.15) is 25.8 Å². The number of aryl methyl sites for hydroxylation is 1. The molecule has 1 aliphatic heterocycles. The molecule has 0 radical (unpaired) electrons. The number of likely N-dealkylation sites (tertiary alicyclic amines) is 1. The number of nitrogens with zero attached hydrogens (tertiary/aromatic N) is 3. The van der Waals surface area contributed by atoms with Gasteiger partial charge in [-0.2, -0.15) is 0 Å². The van der Waals surface area contributed by atoms with E-state index in [-0.39, 0.29) is 5.56 Å². The van der Waals surface area contributed by atoms with Crippen molar-refractivity contribution < 1.29 is 0 Å². The van der Waals surface area contributed by atoms with Crippen LogP contribution in [0.4, 0.5) is 0 Å². The number of rotatable bonds is 3. The van der Waals surface area contributed by atoms with Crippen molar-refractivity contribution in [3.63, 3.8) is 0 Å². The number of hydrogen-bond donors (Lipinski definition) is 0. The summed E-state index contributed by atoms with van der Waals surface area (Å²) in [6, 6.07) is 0. The van der Waals surface area contributed by atoms with Gasteiger partial charge in [-0.25, -0.2) is 4.98 Å². The summed E-state index contributed by atoms with van der Waals surface area (Å²) in [5, 5.41) is 2.01. The quantitative estimate of drug-likeness (QED) is 0.875. The molecule has 2 aromatic heterocycles. The molecule has 21 heavy (non-hydrogen) atoms. The second-order valence-corrected chi connectivity index (χ2v) is 7.42. The van der Waals surface area contributed by atoms with Gasteiger partial charge in [0.15, 0.2) is 0 Å². The lowest BCUT2D eigenvalue weighted by molar-refractivity contribution is 0.136. The van der Waals surface area contributed by atoms with Crippen LogP contribution in [0.3, 0.4) is 0 Å². The summed E-state index contributed by atoms with van der Waals surface area (Å²) in [4.78, 5) is 19.4. The SMILES string of the molecule is Cc1csc2c(=O)n(CCN3C[C@H](C)C[C@@H](C)C3)cnc12. The molecular formula is C16H23N3OS. The molecule has 0 N–H and O–H groups in total. The van der Waals surface area contributed by atoms with Crippen LogP contribution >= 0.6 is 11.3 Å². The van der Waals surface area contributed by atoms with E-state index in [1.807, 2.05) is 12.3 Å². The van der Waals surface area contributed by atoms with Gasteiger partial charge in [0.05, 0.1) is 11.8 Å². The highest BCUT2D eigenvalue weighted by Crippen LogP contribution is 2.21. The molecule has 3 rings (SSSR count). The van der Waals surface area contributed by atoms with Crippen LogP contribution in [-0.4, -0.2) is 34.1 Å². The van der Waals surface area contributed by atoms with Crippen LogP contribution in [0.2, 0.25) is 0 Å². The zero-order valence-electron chi connectivity index (χ0n) is 13.0. The highest BCUT2D eigenvalue weighted by molar-refractivity contribution is 7.17. The molecule has 0 aliphatic carbocycles. The van der Waals surface area contributed by atoms with Crippen molar-refractivity contribution in [3.8, 4) is 0 Å². The first kappa shape index (κ1) is 14.7. The second-order valence-electron chi connectivity index (χ2n) is 6.55. The van der Waals surface area contributed by atoms with Gasteiger partial charge in [0.1, 0.15) is 4.70 Å². The van der Waals surface area contributed by atoms with Crippen LogP contribution < -0.4 is 5.56 Å². The maximum atomic E-state index is 12.5. The van der Waals surface area contributed by atoms with E-state index in [0.717, 1.165) is 53.8 Å². The molecule has 2 aromatic rings. The fourth-order valence-electron chi connectivity index (χ4n) is 3.44. The lowest BCUT2D eigenvalue weighted by Crippen LogP contribution is -2.41. The summed E-state index contributed by atoms with van der Waals surface area (Å²) >= 11 is 1.51. The first-order valence-corrected chi connectivity index (χ1v) is 8.58. The fraction of sp³-hybridized carbons (Fsp3) is 0.625. The van der Waals surface area contributed by atoms with Gasteiger partial charge in [-0.1, -0.05) is 13.8 Å². The zero-order valence-corrected chi connectivity index (χ0v) is 13.8. The molecule has 114 valence electrons. The minimum absolute atomic E-state index is 0.108. The normalized spacial score (nSPS) is 23.8. The van der Waals surface area contributed by atoms with Crippen molar-refractivity contribution in [1.29, 1.82) is 0 Å². The topological polar surface area (TPSA) is 38.1 Å². The van der Waals surface area contributed by atoms with Crippen LogP contribution in [-0.2, 0) is 6.54 Å². The van der Waals surface area contributed by atoms with Gasteiger partial charge in [-0.15, -0.1) is 11.3 Å². The molecule has 2 atom stereocenters. The molecule has 4 nitrogen and oxygen atoms in total. The maximum absolute atomic E-state index is 12.5. The molecule has 5 heteroatoms. The third kappa shape index (κ3) is 3.04. The molecule has 0 bridgehead atoms. The Morgan fingerprint density at radius 2 is 2.00 bits per heavy atom. The van der Waals surface area contributed by atoms with Gasteiger partial charge in [0.2, 0.25) is 0 Å². The lowest BCUT2D eigenvalue weighted by Gasteiger charge is -2.34. The van der Waals surface area contributed by atoms with Crippen LogP contribution in [0, 0.1) is 18.8 Å². The van der Waals surface area contributed by atoms with Crippen LogP contribution in [0.25, 0.3) is 10.2 Å². The van der Waals surface area contributed by atoms with Gasteiger partial charge in [0, 0.05) is 26.2 Å². The van der Waals surface area contributed by atoms with Crippen molar-refractivity contribution in [2.75, 3.05) is 19.6 Å². The number of fused-ring (bicyclic) bond motifs is 1. The summed E-state index contributed by atoms with van der Waals surface area (Å²) in [5.41, 5.74) is 2.07. The summed E-state index contributed by atoms with van der Waals surface area (Å²) in [5.74, 6) is 1.51. The number of hydrogen-bond acceptors (Lipinski definition) is 4. The molecule has 0 saturated carbocycles. The Labute approximate surface area is 129 Å². The Hall–Kier alpha value is -1.20. The third-order valence-corrected chi connectivity index (χ3v) is 5.40. The monoisotopic (exact) mass is 305 g/mol. The molecule has 1 fully saturated rings. The molecule has 1 saturated heterocycles. The predicted molar refractivity (Wildman–Crippen MR) is 88.0 cm³/mol. The average Bonchev–Trinajstić information content (AvgIpc) is 2.79. The van der Waals surface area contributed by atoms with Crippen LogP contribution in [0.15, 0.2) is 16.5 Å². The van der Waals surface area contributed by atoms with E-state index in [1.165, 1.54) is 17.8 Å². The summed E-state index contributed by atoms with van der Waals surface area (Å²) in [6.45, 7) is 10.6. The first-order valence-electron chi connectivity index (χ1n) is 7.70. The highest BCUT2D eigenvalue weighted by Gasteiger charge is 2.21. The number of piperidine rings is 1. The van der Waals surface area contributed by atoms with Gasteiger partial charge < -0.3 is 4.90 Å². The summed E-state index contributed by atoms with van der Waals surface area (Å²) in [7, 11) is 0. The van der Waals surface area contributed by atoms with Gasteiger partial charge >= 0.3 is 0 Å². The average molecular weight is 305 g/mol. The van der Waals surface area contributed by atoms with Crippen molar-refractivity contribution in [2.45, 2.75) is 33.7 Å².